The van der Waals surface area contributed by atoms with Gasteiger partial charge in [-0.05, 0) is 68.2 Å². The molecule has 2 unspecified atom stereocenters. The topological polar surface area (TPSA) is 133 Å². The van der Waals surface area contributed by atoms with Gasteiger partial charge in [-0.15, -0.1) is 5.92 Å². The first kappa shape index (κ1) is 30.5. The first-order valence-electron chi connectivity index (χ1n) is 15.4. The lowest BCUT2D eigenvalue weighted by atomic mass is 9.76. The summed E-state index contributed by atoms with van der Waals surface area (Å²) in [6.45, 7) is 7.90. The van der Waals surface area contributed by atoms with E-state index in [1.807, 2.05) is 6.07 Å². The standard InChI is InChI=1S/C32H47N5O5/c1-22(38)42-29-15-27(39)7-9-32(8-3-4-26(29)13-23-5-6-28(40)30(14-23)41-2)10-11-36-16-24-12-25(17-36)19-37(18-24)21-35-31(33)34-20-32/h5-6,14,24-27,29,39-40H,4,7,9-13,15-21H2,1-2H3,(H3,33,34,35)/t24-,25+,26-,27+,29+,32+/m1/s1. The zero-order chi connectivity index (χ0) is 29.7. The molecule has 0 amide bonds. The first-order chi connectivity index (χ1) is 20.2. The normalized spacial score (nSPS) is 35.3. The number of hydrogen-bond donors (Lipinski definition) is 4. The summed E-state index contributed by atoms with van der Waals surface area (Å²) >= 11 is 0. The molecule has 230 valence electrons. The molecule has 6 rings (SSSR count). The number of esters is 1. The van der Waals surface area contributed by atoms with Crippen LogP contribution >= 0.6 is 0 Å². The highest BCUT2D eigenvalue weighted by molar-refractivity contribution is 5.77. The van der Waals surface area contributed by atoms with Crippen molar-refractivity contribution in [3.8, 4) is 23.3 Å². The second-order valence-electron chi connectivity index (χ2n) is 12.9. The summed E-state index contributed by atoms with van der Waals surface area (Å²) < 4.78 is 11.1. The number of nitrogens with two attached hydrogens (primary N) is 1. The van der Waals surface area contributed by atoms with Crippen molar-refractivity contribution in [1.29, 1.82) is 0 Å². The van der Waals surface area contributed by atoms with Crippen LogP contribution in [0.1, 0.15) is 51.0 Å². The minimum Gasteiger partial charge on any atom is -0.504 e. The molecule has 0 radical (unpaired) electrons. The number of nitrogens with one attached hydrogen (secondary N) is 1. The van der Waals surface area contributed by atoms with E-state index in [4.69, 9.17) is 15.2 Å². The van der Waals surface area contributed by atoms with Crippen LogP contribution in [-0.4, -0.2) is 97.2 Å². The Kier molecular flexibility index (Phi) is 9.81. The minimum atomic E-state index is -0.641. The Bertz CT molecular complexity index is 1180. The summed E-state index contributed by atoms with van der Waals surface area (Å²) in [7, 11) is 1.52. The van der Waals surface area contributed by atoms with Crippen molar-refractivity contribution in [1.82, 2.24) is 15.1 Å². The van der Waals surface area contributed by atoms with Gasteiger partial charge < -0.3 is 35.6 Å². The fourth-order valence-electron chi connectivity index (χ4n) is 7.36. The largest absolute Gasteiger partial charge is 0.504 e. The molecule has 4 heterocycles. The lowest BCUT2D eigenvalue weighted by Gasteiger charge is -2.46. The highest BCUT2D eigenvalue weighted by atomic mass is 16.5. The van der Waals surface area contributed by atoms with Crippen molar-refractivity contribution in [3.05, 3.63) is 23.8 Å². The van der Waals surface area contributed by atoms with E-state index < -0.39 is 12.2 Å². The molecular formula is C32H47N5O5. The number of aliphatic imine (C=N–C) groups is 1. The second-order valence-corrected chi connectivity index (χ2v) is 12.9. The van der Waals surface area contributed by atoms with Crippen molar-refractivity contribution in [2.45, 2.75) is 64.1 Å². The summed E-state index contributed by atoms with van der Waals surface area (Å²) in [5.41, 5.74) is 6.90. The summed E-state index contributed by atoms with van der Waals surface area (Å²) in [6, 6.07) is 5.27. The van der Waals surface area contributed by atoms with Crippen LogP contribution in [0, 0.1) is 35.0 Å². The van der Waals surface area contributed by atoms with E-state index in [0.717, 1.165) is 44.7 Å². The molecule has 5 N–H and O–H groups in total. The monoisotopic (exact) mass is 581 g/mol. The first-order valence-corrected chi connectivity index (χ1v) is 15.4. The highest BCUT2D eigenvalue weighted by Crippen LogP contribution is 2.35. The number of hydrogen-bond acceptors (Lipinski definition) is 10. The molecule has 42 heavy (non-hydrogen) atoms. The third kappa shape index (κ3) is 7.88. The number of fused-ring (bicyclic) bond motifs is 4. The minimum absolute atomic E-state index is 0.0730. The molecule has 1 aromatic rings. The van der Waals surface area contributed by atoms with Crippen LogP contribution in [0.2, 0.25) is 0 Å². The number of piperidine rings is 2. The van der Waals surface area contributed by atoms with Crippen molar-refractivity contribution >= 4 is 11.9 Å². The Balaban J connectivity index is 1.42. The number of aromatic hydroxyl groups is 1. The fourth-order valence-corrected chi connectivity index (χ4v) is 7.36. The maximum Gasteiger partial charge on any atom is 0.302 e. The van der Waals surface area contributed by atoms with Crippen molar-refractivity contribution in [2.75, 3.05) is 53.0 Å². The molecule has 4 aliphatic heterocycles. The van der Waals surface area contributed by atoms with Crippen LogP contribution in [0.15, 0.2) is 23.2 Å². The van der Waals surface area contributed by atoms with Gasteiger partial charge in [0.2, 0.25) is 0 Å². The number of ether oxygens (including phenoxy) is 2. The molecule has 10 nitrogen and oxygen atoms in total. The molecule has 0 saturated carbocycles. The predicted molar refractivity (Wildman–Crippen MR) is 161 cm³/mol. The summed E-state index contributed by atoms with van der Waals surface area (Å²) in [4.78, 5) is 21.8. The fraction of sp³-hybridized carbons (Fsp3) is 0.688. The van der Waals surface area contributed by atoms with Gasteiger partial charge >= 0.3 is 5.97 Å². The average Bonchev–Trinajstić information content (AvgIpc) is 2.96. The molecule has 1 aliphatic carbocycles. The Labute approximate surface area is 249 Å². The van der Waals surface area contributed by atoms with E-state index in [9.17, 15) is 15.0 Å². The van der Waals surface area contributed by atoms with Gasteiger partial charge in [0.05, 0.1) is 25.3 Å². The van der Waals surface area contributed by atoms with Crippen LogP contribution in [0.25, 0.3) is 0 Å². The second kappa shape index (κ2) is 13.5. The van der Waals surface area contributed by atoms with Crippen LogP contribution in [0.5, 0.6) is 11.5 Å². The quantitative estimate of drug-likeness (QED) is 0.311. The van der Waals surface area contributed by atoms with E-state index >= 15 is 0 Å². The zero-order valence-electron chi connectivity index (χ0n) is 25.1. The molecule has 8 atom stereocenters. The number of carbonyl (C=O) groups excluding carboxylic acids is 1. The number of aliphatic hydroxyl groups is 1. The summed E-state index contributed by atoms with van der Waals surface area (Å²) in [5.74, 6) is 8.88. The molecule has 5 aliphatic rings. The maximum absolute atomic E-state index is 12.1. The van der Waals surface area contributed by atoms with Gasteiger partial charge in [0.25, 0.3) is 0 Å². The number of methoxy groups -OCH3 is 1. The number of carbonyl (C=O) groups is 1. The van der Waals surface area contributed by atoms with E-state index in [1.165, 1.54) is 20.5 Å². The van der Waals surface area contributed by atoms with Gasteiger partial charge in [0.15, 0.2) is 17.5 Å². The smallest absolute Gasteiger partial charge is 0.302 e. The van der Waals surface area contributed by atoms with Crippen LogP contribution in [-0.2, 0) is 16.0 Å². The number of guanidine groups is 1. The van der Waals surface area contributed by atoms with Gasteiger partial charge in [-0.25, -0.2) is 4.99 Å². The highest BCUT2D eigenvalue weighted by Gasteiger charge is 2.37. The van der Waals surface area contributed by atoms with Crippen LogP contribution in [0.3, 0.4) is 0 Å². The molecule has 1 spiro atoms. The van der Waals surface area contributed by atoms with E-state index in [-0.39, 0.29) is 23.1 Å². The number of nitrogens with zero attached hydrogens (tertiary/aromatic N) is 3. The van der Waals surface area contributed by atoms with Crippen molar-refractivity contribution < 1.29 is 24.5 Å². The van der Waals surface area contributed by atoms with Gasteiger partial charge in [-0.1, -0.05) is 12.0 Å². The molecule has 10 heteroatoms. The molecular weight excluding hydrogens is 534 g/mol. The maximum atomic E-state index is 12.1. The number of benzene rings is 1. The number of phenolic OH excluding ortho intramolecular Hbond substituents is 1. The SMILES string of the molecule is COc1cc(C[C@H]2CC#C[C@]3(CC[C@H](O)C[C@@H]2OC(C)=O)CCN2C[C@H]4C[C@@H](C2)CN(CN=C(N)NC3)C4)ccc1O. The predicted octanol–water partition coefficient (Wildman–Crippen LogP) is 1.94. The zero-order valence-corrected chi connectivity index (χ0v) is 25.1. The third-order valence-corrected chi connectivity index (χ3v) is 9.45. The lowest BCUT2D eigenvalue weighted by molar-refractivity contribution is -0.151. The van der Waals surface area contributed by atoms with Crippen LogP contribution < -0.4 is 15.8 Å². The number of phenols is 1. The average molecular weight is 582 g/mol. The molecule has 2 saturated heterocycles. The number of aliphatic hydroxyl groups excluding tert-OH is 1. The van der Waals surface area contributed by atoms with E-state index in [2.05, 4.69) is 31.9 Å². The van der Waals surface area contributed by atoms with Gasteiger partial charge in [-0.3, -0.25) is 9.69 Å². The Morgan fingerprint density at radius 3 is 2.69 bits per heavy atom. The summed E-state index contributed by atoms with van der Waals surface area (Å²) in [6.07, 6.45) is 3.72. The Morgan fingerprint density at radius 1 is 1.19 bits per heavy atom. The van der Waals surface area contributed by atoms with Gasteiger partial charge in [-0.2, -0.15) is 0 Å². The van der Waals surface area contributed by atoms with E-state index in [1.54, 1.807) is 12.1 Å². The van der Waals surface area contributed by atoms with Gasteiger partial charge in [0.1, 0.15) is 6.10 Å². The van der Waals surface area contributed by atoms with E-state index in [0.29, 0.717) is 68.9 Å². The van der Waals surface area contributed by atoms with Crippen molar-refractivity contribution in [3.63, 3.8) is 0 Å². The Morgan fingerprint density at radius 2 is 1.95 bits per heavy atom. The third-order valence-electron chi connectivity index (χ3n) is 9.45. The van der Waals surface area contributed by atoms with Crippen LogP contribution in [0.4, 0.5) is 0 Å². The lowest BCUT2D eigenvalue weighted by Crippen LogP contribution is -2.53. The molecule has 4 bridgehead atoms. The Hall–Kier alpha value is -3.00. The molecule has 2 fully saturated rings. The van der Waals surface area contributed by atoms with Crippen molar-refractivity contribution in [2.24, 2.45) is 33.9 Å². The molecule has 0 aromatic heterocycles. The molecule has 1 aromatic carbocycles. The van der Waals surface area contributed by atoms with Gasteiger partial charge in [0, 0.05) is 58.4 Å². The summed E-state index contributed by atoms with van der Waals surface area (Å²) in [5, 5.41) is 24.7. The number of rotatable bonds is 4.